The van der Waals surface area contributed by atoms with Gasteiger partial charge < -0.3 is 9.88 Å². The molecule has 0 saturated heterocycles. The first-order chi connectivity index (χ1) is 8.83. The molecule has 1 aromatic heterocycles. The van der Waals surface area contributed by atoms with Crippen LogP contribution < -0.4 is 5.32 Å². The number of nitrogens with one attached hydrogen (secondary N) is 1. The summed E-state index contributed by atoms with van der Waals surface area (Å²) >= 11 is 1.76. The van der Waals surface area contributed by atoms with Crippen molar-refractivity contribution in [2.24, 2.45) is 0 Å². The molecule has 96 valence electrons. The summed E-state index contributed by atoms with van der Waals surface area (Å²) in [4.78, 5) is 5.68. The number of hydrogen-bond acceptors (Lipinski definition) is 3. The third kappa shape index (κ3) is 3.37. The number of hydrogen-bond donors (Lipinski definition) is 1. The molecule has 0 radical (unpaired) electrons. The number of nitrogens with zero attached hydrogens (tertiary/aromatic N) is 2. The second-order valence-corrected chi connectivity index (χ2v) is 5.03. The molecule has 0 saturated carbocycles. The second-order valence-electron chi connectivity index (χ2n) is 4.15. The summed E-state index contributed by atoms with van der Waals surface area (Å²) in [5, 5.41) is 3.36. The summed E-state index contributed by atoms with van der Waals surface area (Å²) in [5.41, 5.74) is 2.24. The van der Waals surface area contributed by atoms with Gasteiger partial charge in [-0.2, -0.15) is 0 Å². The summed E-state index contributed by atoms with van der Waals surface area (Å²) in [5.74, 6) is 0. The lowest BCUT2D eigenvalue weighted by Gasteiger charge is -2.03. The molecule has 1 aromatic carbocycles. The minimum atomic E-state index is 0.836. The molecule has 4 heteroatoms. The molecule has 0 aliphatic carbocycles. The summed E-state index contributed by atoms with van der Waals surface area (Å²) in [6.45, 7) is 4.04. The highest BCUT2D eigenvalue weighted by Gasteiger charge is 2.01. The molecule has 2 rings (SSSR count). The van der Waals surface area contributed by atoms with E-state index in [4.69, 9.17) is 0 Å². The molecule has 1 N–H and O–H groups in total. The van der Waals surface area contributed by atoms with Gasteiger partial charge in [0.05, 0.1) is 12.0 Å². The molecule has 18 heavy (non-hydrogen) atoms. The van der Waals surface area contributed by atoms with Crippen molar-refractivity contribution in [1.29, 1.82) is 0 Å². The fourth-order valence-electron chi connectivity index (χ4n) is 1.76. The Bertz CT molecular complexity index is 493. The molecule has 2 aromatic rings. The zero-order chi connectivity index (χ0) is 12.8. The molecule has 0 fully saturated rings. The van der Waals surface area contributed by atoms with Crippen LogP contribution in [0.3, 0.4) is 0 Å². The Labute approximate surface area is 113 Å². The zero-order valence-corrected chi connectivity index (χ0v) is 11.7. The van der Waals surface area contributed by atoms with E-state index in [0.717, 1.165) is 30.9 Å². The smallest absolute Gasteiger partial charge is 0.0995 e. The lowest BCUT2D eigenvalue weighted by atomic mass is 10.3. The van der Waals surface area contributed by atoms with E-state index in [-0.39, 0.29) is 0 Å². The maximum absolute atomic E-state index is 4.41. The monoisotopic (exact) mass is 261 g/mol. The van der Waals surface area contributed by atoms with Crippen LogP contribution in [0.5, 0.6) is 0 Å². The SMILES string of the molecule is CCCNCc1cn(-c2cccc(SC)c2)cn1. The van der Waals surface area contributed by atoms with Gasteiger partial charge >= 0.3 is 0 Å². The Morgan fingerprint density at radius 3 is 3.06 bits per heavy atom. The van der Waals surface area contributed by atoms with Crippen LogP contribution in [0, 0.1) is 0 Å². The predicted octanol–water partition coefficient (Wildman–Crippen LogP) is 3.09. The zero-order valence-electron chi connectivity index (χ0n) is 10.9. The summed E-state index contributed by atoms with van der Waals surface area (Å²) in [6, 6.07) is 8.48. The Kier molecular flexibility index (Phi) is 4.84. The number of benzene rings is 1. The number of rotatable bonds is 6. The van der Waals surface area contributed by atoms with Crippen molar-refractivity contribution in [1.82, 2.24) is 14.9 Å². The molecule has 0 atom stereocenters. The van der Waals surface area contributed by atoms with E-state index in [9.17, 15) is 0 Å². The molecule has 0 bridgehead atoms. The predicted molar refractivity (Wildman–Crippen MR) is 77.3 cm³/mol. The van der Waals surface area contributed by atoms with Crippen molar-refractivity contribution in [3.05, 3.63) is 42.5 Å². The molecular formula is C14H19N3S. The van der Waals surface area contributed by atoms with Crippen LogP contribution in [-0.2, 0) is 6.54 Å². The Hall–Kier alpha value is -1.26. The van der Waals surface area contributed by atoms with E-state index in [2.05, 4.69) is 58.5 Å². The van der Waals surface area contributed by atoms with Gasteiger partial charge in [-0.3, -0.25) is 0 Å². The van der Waals surface area contributed by atoms with Gasteiger partial charge in [0, 0.05) is 23.3 Å². The molecular weight excluding hydrogens is 242 g/mol. The van der Waals surface area contributed by atoms with Gasteiger partial charge in [0.1, 0.15) is 0 Å². The van der Waals surface area contributed by atoms with Gasteiger partial charge in [-0.15, -0.1) is 11.8 Å². The summed E-state index contributed by atoms with van der Waals surface area (Å²) < 4.78 is 2.07. The van der Waals surface area contributed by atoms with Crippen LogP contribution in [-0.4, -0.2) is 22.4 Å². The molecule has 0 aliphatic rings. The van der Waals surface area contributed by atoms with Gasteiger partial charge in [0.2, 0.25) is 0 Å². The highest BCUT2D eigenvalue weighted by Crippen LogP contribution is 2.18. The Balaban J connectivity index is 2.08. The first-order valence-corrected chi connectivity index (χ1v) is 7.44. The highest BCUT2D eigenvalue weighted by molar-refractivity contribution is 7.98. The normalized spacial score (nSPS) is 10.8. The van der Waals surface area contributed by atoms with E-state index in [0.29, 0.717) is 0 Å². The second kappa shape index (κ2) is 6.61. The van der Waals surface area contributed by atoms with Crippen molar-refractivity contribution in [3.8, 4) is 5.69 Å². The van der Waals surface area contributed by atoms with Crippen molar-refractivity contribution >= 4 is 11.8 Å². The molecule has 0 spiro atoms. The third-order valence-electron chi connectivity index (χ3n) is 2.72. The largest absolute Gasteiger partial charge is 0.311 e. The van der Waals surface area contributed by atoms with Crippen LogP contribution >= 0.6 is 11.8 Å². The van der Waals surface area contributed by atoms with Crippen LogP contribution in [0.1, 0.15) is 19.0 Å². The van der Waals surface area contributed by atoms with Gasteiger partial charge in [-0.25, -0.2) is 4.98 Å². The van der Waals surface area contributed by atoms with E-state index in [1.54, 1.807) is 11.8 Å². The molecule has 0 unspecified atom stereocenters. The molecule has 0 aliphatic heterocycles. The number of aromatic nitrogens is 2. The molecule has 0 amide bonds. The lowest BCUT2D eigenvalue weighted by Crippen LogP contribution is -2.13. The van der Waals surface area contributed by atoms with E-state index in [1.807, 2.05) is 6.33 Å². The average Bonchev–Trinajstić information content (AvgIpc) is 2.88. The van der Waals surface area contributed by atoms with Gasteiger partial charge in [0.15, 0.2) is 0 Å². The van der Waals surface area contributed by atoms with E-state index < -0.39 is 0 Å². The van der Waals surface area contributed by atoms with E-state index in [1.165, 1.54) is 4.90 Å². The van der Waals surface area contributed by atoms with Crippen LogP contribution in [0.25, 0.3) is 5.69 Å². The number of imidazole rings is 1. The summed E-state index contributed by atoms with van der Waals surface area (Å²) in [6.07, 6.45) is 7.20. The van der Waals surface area contributed by atoms with Gasteiger partial charge in [0.25, 0.3) is 0 Å². The summed E-state index contributed by atoms with van der Waals surface area (Å²) in [7, 11) is 0. The van der Waals surface area contributed by atoms with Crippen molar-refractivity contribution < 1.29 is 0 Å². The minimum Gasteiger partial charge on any atom is -0.311 e. The van der Waals surface area contributed by atoms with Crippen LogP contribution in [0.2, 0.25) is 0 Å². The Morgan fingerprint density at radius 1 is 1.39 bits per heavy atom. The van der Waals surface area contributed by atoms with Crippen molar-refractivity contribution in [2.45, 2.75) is 24.8 Å². The van der Waals surface area contributed by atoms with Crippen LogP contribution in [0.4, 0.5) is 0 Å². The molecule has 1 heterocycles. The fourth-order valence-corrected chi connectivity index (χ4v) is 2.21. The van der Waals surface area contributed by atoms with Crippen LogP contribution in [0.15, 0.2) is 41.7 Å². The van der Waals surface area contributed by atoms with Crippen molar-refractivity contribution in [3.63, 3.8) is 0 Å². The topological polar surface area (TPSA) is 29.9 Å². The fraction of sp³-hybridized carbons (Fsp3) is 0.357. The minimum absolute atomic E-state index is 0.836. The maximum atomic E-state index is 4.41. The van der Waals surface area contributed by atoms with Crippen molar-refractivity contribution in [2.75, 3.05) is 12.8 Å². The highest BCUT2D eigenvalue weighted by atomic mass is 32.2. The maximum Gasteiger partial charge on any atom is 0.0995 e. The Morgan fingerprint density at radius 2 is 2.28 bits per heavy atom. The average molecular weight is 261 g/mol. The first-order valence-electron chi connectivity index (χ1n) is 6.21. The third-order valence-corrected chi connectivity index (χ3v) is 3.45. The standard InChI is InChI=1S/C14H19N3S/c1-3-7-15-9-12-10-17(11-16-12)13-5-4-6-14(8-13)18-2/h4-6,8,10-11,15H,3,7,9H2,1-2H3. The molecule has 3 nitrogen and oxygen atoms in total. The first kappa shape index (κ1) is 13.2. The lowest BCUT2D eigenvalue weighted by molar-refractivity contribution is 0.666. The van der Waals surface area contributed by atoms with E-state index >= 15 is 0 Å². The quantitative estimate of drug-likeness (QED) is 0.640. The number of thioether (sulfide) groups is 1. The van der Waals surface area contributed by atoms with Gasteiger partial charge in [-0.05, 0) is 37.4 Å². The van der Waals surface area contributed by atoms with Gasteiger partial charge in [-0.1, -0.05) is 13.0 Å².